The number of hydrogen-bond donors (Lipinski definition) is 0. The van der Waals surface area contributed by atoms with Gasteiger partial charge in [-0.25, -0.2) is 0 Å². The molecule has 1 aromatic rings. The summed E-state index contributed by atoms with van der Waals surface area (Å²) in [5, 5.41) is 9.10. The number of rotatable bonds is 2. The number of alkyl halides is 1. The van der Waals surface area contributed by atoms with Crippen LogP contribution in [0.25, 0.3) is 0 Å². The van der Waals surface area contributed by atoms with Crippen LogP contribution in [-0.2, 0) is 4.79 Å². The van der Waals surface area contributed by atoms with Gasteiger partial charge in [-0.2, -0.15) is 5.26 Å². The van der Waals surface area contributed by atoms with E-state index in [4.69, 9.17) is 10.00 Å². The molecule has 0 bridgehead atoms. The Morgan fingerprint density at radius 3 is 2.88 bits per heavy atom. The lowest BCUT2D eigenvalue weighted by Crippen LogP contribution is -2.28. The summed E-state index contributed by atoms with van der Waals surface area (Å²) in [7, 11) is 1.53. The fourth-order valence-electron chi connectivity index (χ4n) is 1.92. The lowest BCUT2D eigenvalue weighted by molar-refractivity contribution is -0.116. The van der Waals surface area contributed by atoms with Crippen LogP contribution in [0.15, 0.2) is 18.2 Å². The molecule has 2 rings (SSSR count). The molecule has 88 valence electrons. The van der Waals surface area contributed by atoms with E-state index in [0.717, 1.165) is 6.42 Å². The van der Waals surface area contributed by atoms with Gasteiger partial charge in [0.25, 0.3) is 0 Å². The van der Waals surface area contributed by atoms with E-state index in [2.05, 4.69) is 22.0 Å². The molecular formula is C12H11BrN2O2. The molecule has 0 saturated carbocycles. The molecule has 1 saturated heterocycles. The summed E-state index contributed by atoms with van der Waals surface area (Å²) in [6.45, 7) is 0.601. The third-order valence-electron chi connectivity index (χ3n) is 2.75. The first-order valence-corrected chi connectivity index (χ1v) is 6.13. The summed E-state index contributed by atoms with van der Waals surface area (Å²) in [5.74, 6) is 0.532. The van der Waals surface area contributed by atoms with Crippen LogP contribution < -0.4 is 9.64 Å². The van der Waals surface area contributed by atoms with E-state index in [1.54, 1.807) is 23.1 Å². The third kappa shape index (κ3) is 2.01. The fraction of sp³-hybridized carbons (Fsp3) is 0.333. The Bertz CT molecular complexity index is 496. The van der Waals surface area contributed by atoms with Crippen molar-refractivity contribution in [2.24, 2.45) is 0 Å². The van der Waals surface area contributed by atoms with E-state index >= 15 is 0 Å². The molecule has 0 aliphatic carbocycles. The first-order valence-electron chi connectivity index (χ1n) is 5.21. The molecule has 1 aliphatic heterocycles. The van der Waals surface area contributed by atoms with Crippen molar-refractivity contribution >= 4 is 27.5 Å². The molecule has 0 aromatic heterocycles. The van der Waals surface area contributed by atoms with E-state index in [1.165, 1.54) is 7.11 Å². The van der Waals surface area contributed by atoms with Crippen molar-refractivity contribution in [1.29, 1.82) is 5.26 Å². The zero-order valence-corrected chi connectivity index (χ0v) is 10.9. The van der Waals surface area contributed by atoms with Crippen LogP contribution in [0.3, 0.4) is 0 Å². The molecule has 1 aliphatic rings. The molecular weight excluding hydrogens is 284 g/mol. The maximum Gasteiger partial charge on any atom is 0.240 e. The van der Waals surface area contributed by atoms with Crippen LogP contribution in [0.1, 0.15) is 12.0 Å². The van der Waals surface area contributed by atoms with Gasteiger partial charge in [-0.3, -0.25) is 4.79 Å². The summed E-state index contributed by atoms with van der Waals surface area (Å²) in [6, 6.07) is 7.28. The molecule has 17 heavy (non-hydrogen) atoms. The van der Waals surface area contributed by atoms with Gasteiger partial charge in [-0.05, 0) is 18.6 Å². The van der Waals surface area contributed by atoms with Crippen molar-refractivity contribution in [2.75, 3.05) is 18.6 Å². The van der Waals surface area contributed by atoms with Crippen molar-refractivity contribution in [1.82, 2.24) is 0 Å². The van der Waals surface area contributed by atoms with Crippen LogP contribution >= 0.6 is 15.9 Å². The lowest BCUT2D eigenvalue weighted by atomic mass is 10.1. The number of carbonyl (C=O) groups is 1. The largest absolute Gasteiger partial charge is 0.495 e. The zero-order valence-electron chi connectivity index (χ0n) is 9.31. The molecule has 0 spiro atoms. The van der Waals surface area contributed by atoms with Gasteiger partial charge in [-0.15, -0.1) is 0 Å². The number of nitriles is 1. The standard InChI is InChI=1S/C12H11BrN2O2/c1-17-10-4-2-3-8(7-14)11(10)15-6-5-9(13)12(15)16/h2-4,9H,5-6H2,1H3. The second-order valence-corrected chi connectivity index (χ2v) is 4.82. The Balaban J connectivity index is 2.51. The number of methoxy groups -OCH3 is 1. The Hall–Kier alpha value is -1.54. The van der Waals surface area contributed by atoms with Crippen LogP contribution in [0.4, 0.5) is 5.69 Å². The molecule has 1 atom stereocenters. The average Bonchev–Trinajstić information content (AvgIpc) is 2.69. The maximum absolute atomic E-state index is 12.0. The van der Waals surface area contributed by atoms with Crippen LogP contribution in [0.2, 0.25) is 0 Å². The van der Waals surface area contributed by atoms with E-state index in [0.29, 0.717) is 23.5 Å². The van der Waals surface area contributed by atoms with Gasteiger partial charge >= 0.3 is 0 Å². The molecule has 0 radical (unpaired) electrons. The van der Waals surface area contributed by atoms with E-state index < -0.39 is 0 Å². The smallest absolute Gasteiger partial charge is 0.240 e. The first kappa shape index (κ1) is 11.9. The van der Waals surface area contributed by atoms with Crippen LogP contribution in [0.5, 0.6) is 5.75 Å². The number of carbonyl (C=O) groups excluding carboxylic acids is 1. The van der Waals surface area contributed by atoms with Gasteiger partial charge < -0.3 is 9.64 Å². The predicted molar refractivity (Wildman–Crippen MR) is 67.4 cm³/mol. The third-order valence-corrected chi connectivity index (χ3v) is 3.60. The number of ether oxygens (including phenoxy) is 1. The van der Waals surface area contributed by atoms with Gasteiger partial charge in [0.1, 0.15) is 17.5 Å². The minimum atomic E-state index is -0.168. The van der Waals surface area contributed by atoms with Crippen molar-refractivity contribution in [3.8, 4) is 11.8 Å². The Morgan fingerprint density at radius 1 is 1.59 bits per heavy atom. The highest BCUT2D eigenvalue weighted by molar-refractivity contribution is 9.10. The summed E-state index contributed by atoms with van der Waals surface area (Å²) < 4.78 is 5.22. The second-order valence-electron chi connectivity index (χ2n) is 3.71. The van der Waals surface area contributed by atoms with Gasteiger partial charge in [0.2, 0.25) is 5.91 Å². The van der Waals surface area contributed by atoms with Gasteiger partial charge in [0.15, 0.2) is 0 Å². The predicted octanol–water partition coefficient (Wildman–Crippen LogP) is 2.07. The topological polar surface area (TPSA) is 53.3 Å². The van der Waals surface area contributed by atoms with Gasteiger partial charge in [0.05, 0.1) is 17.5 Å². The molecule has 1 heterocycles. The Morgan fingerprint density at radius 2 is 2.35 bits per heavy atom. The Kier molecular flexibility index (Phi) is 3.34. The minimum Gasteiger partial charge on any atom is -0.495 e. The fourth-order valence-corrected chi connectivity index (χ4v) is 2.37. The highest BCUT2D eigenvalue weighted by Gasteiger charge is 2.33. The lowest BCUT2D eigenvalue weighted by Gasteiger charge is -2.20. The molecule has 0 N–H and O–H groups in total. The SMILES string of the molecule is COc1cccc(C#N)c1N1CCC(Br)C1=O. The van der Waals surface area contributed by atoms with E-state index in [9.17, 15) is 4.79 Å². The molecule has 4 nitrogen and oxygen atoms in total. The monoisotopic (exact) mass is 294 g/mol. The second kappa shape index (κ2) is 4.76. The highest BCUT2D eigenvalue weighted by atomic mass is 79.9. The number of amides is 1. The average molecular weight is 295 g/mol. The zero-order chi connectivity index (χ0) is 12.4. The number of hydrogen-bond acceptors (Lipinski definition) is 3. The van der Waals surface area contributed by atoms with Crippen LogP contribution in [0, 0.1) is 11.3 Å². The van der Waals surface area contributed by atoms with E-state index in [-0.39, 0.29) is 10.7 Å². The summed E-state index contributed by atoms with van der Waals surface area (Å²) in [4.78, 5) is 13.4. The van der Waals surface area contributed by atoms with Crippen molar-refractivity contribution in [2.45, 2.75) is 11.2 Å². The van der Waals surface area contributed by atoms with Crippen molar-refractivity contribution < 1.29 is 9.53 Å². The molecule has 1 unspecified atom stereocenters. The first-order chi connectivity index (χ1) is 8.19. The highest BCUT2D eigenvalue weighted by Crippen LogP contribution is 2.35. The Labute approximate surface area is 108 Å². The number of nitrogens with zero attached hydrogens (tertiary/aromatic N) is 2. The van der Waals surface area contributed by atoms with Crippen molar-refractivity contribution in [3.63, 3.8) is 0 Å². The molecule has 5 heteroatoms. The quantitative estimate of drug-likeness (QED) is 0.785. The van der Waals surface area contributed by atoms with Gasteiger partial charge in [-0.1, -0.05) is 22.0 Å². The normalized spacial score (nSPS) is 19.2. The van der Waals surface area contributed by atoms with Crippen molar-refractivity contribution in [3.05, 3.63) is 23.8 Å². The van der Waals surface area contributed by atoms with Crippen LogP contribution in [-0.4, -0.2) is 24.4 Å². The van der Waals surface area contributed by atoms with E-state index in [1.807, 2.05) is 0 Å². The molecule has 1 amide bonds. The number of halogens is 1. The maximum atomic E-state index is 12.0. The summed E-state index contributed by atoms with van der Waals surface area (Å²) in [5.41, 5.74) is 1.03. The molecule has 1 fully saturated rings. The molecule has 1 aromatic carbocycles. The number of benzene rings is 1. The minimum absolute atomic E-state index is 0.0222. The van der Waals surface area contributed by atoms with Gasteiger partial charge in [0, 0.05) is 6.54 Å². The summed E-state index contributed by atoms with van der Waals surface area (Å²) in [6.07, 6.45) is 0.738. The number of anilines is 1. The number of para-hydroxylation sites is 1. The summed E-state index contributed by atoms with van der Waals surface area (Å²) >= 11 is 3.32.